The summed E-state index contributed by atoms with van der Waals surface area (Å²) in [5.74, 6) is 1.04. The Kier molecular flexibility index (Phi) is 7.70. The lowest BCUT2D eigenvalue weighted by Crippen LogP contribution is -2.51. The molecule has 4 aromatic rings. The maximum Gasteiger partial charge on any atom is 0.251 e. The van der Waals surface area contributed by atoms with Crippen molar-refractivity contribution in [3.63, 3.8) is 0 Å². The van der Waals surface area contributed by atoms with Gasteiger partial charge in [-0.05, 0) is 63.6 Å². The van der Waals surface area contributed by atoms with Crippen LogP contribution in [0, 0.1) is 6.92 Å². The number of hydrogen-bond donors (Lipinski definition) is 1. The number of carbonyl (C=O) groups excluding carboxylic acids is 2. The minimum Gasteiger partial charge on any atom is -0.497 e. The normalized spacial score (nSPS) is 12.3. The van der Waals surface area contributed by atoms with Gasteiger partial charge in [0, 0.05) is 11.6 Å². The number of para-hydroxylation sites is 1. The van der Waals surface area contributed by atoms with Crippen LogP contribution in [0.25, 0.3) is 11.0 Å². The molecule has 0 radical (unpaired) electrons. The highest BCUT2D eigenvalue weighted by molar-refractivity contribution is 6.02. The van der Waals surface area contributed by atoms with Gasteiger partial charge in [0.15, 0.2) is 6.04 Å². The van der Waals surface area contributed by atoms with Crippen molar-refractivity contribution in [2.45, 2.75) is 52.2 Å². The molecule has 200 valence electrons. The summed E-state index contributed by atoms with van der Waals surface area (Å²) >= 11 is 0. The number of ether oxygens (including phenoxy) is 2. The monoisotopic (exact) mass is 519 g/mol. The fourth-order valence-electron chi connectivity index (χ4n) is 4.10. The van der Waals surface area contributed by atoms with Crippen LogP contribution >= 0.6 is 0 Å². The van der Waals surface area contributed by atoms with Crippen molar-refractivity contribution < 1.29 is 23.5 Å². The Hall–Kier alpha value is -4.34. The van der Waals surface area contributed by atoms with Crippen LogP contribution in [0.2, 0.25) is 0 Å². The molecule has 0 bridgehead atoms. The largest absolute Gasteiger partial charge is 0.497 e. The number of nitrogens with zero attached hydrogens (tertiary/aromatic N) is 4. The molecule has 0 unspecified atom stereocenters. The first-order valence-corrected chi connectivity index (χ1v) is 12.4. The number of benzene rings is 2. The van der Waals surface area contributed by atoms with E-state index >= 15 is 0 Å². The van der Waals surface area contributed by atoms with Gasteiger partial charge in [0.05, 0.1) is 25.4 Å². The molecule has 1 N–H and O–H groups in total. The zero-order valence-corrected chi connectivity index (χ0v) is 22.5. The van der Waals surface area contributed by atoms with E-state index < -0.39 is 17.5 Å². The predicted octanol–water partition coefficient (Wildman–Crippen LogP) is 4.43. The van der Waals surface area contributed by atoms with Crippen molar-refractivity contribution in [1.82, 2.24) is 20.3 Å². The van der Waals surface area contributed by atoms with E-state index in [-0.39, 0.29) is 12.5 Å². The van der Waals surface area contributed by atoms with Crippen LogP contribution in [0.1, 0.15) is 44.8 Å². The van der Waals surface area contributed by atoms with Crippen molar-refractivity contribution in [2.24, 2.45) is 0 Å². The third-order valence-corrected chi connectivity index (χ3v) is 6.50. The number of rotatable bonds is 10. The molecule has 2 aromatic heterocycles. The van der Waals surface area contributed by atoms with E-state index in [9.17, 15) is 9.59 Å². The first-order chi connectivity index (χ1) is 18.2. The number of aryl methyl sites for hydroxylation is 1. The highest BCUT2D eigenvalue weighted by atomic mass is 16.5. The summed E-state index contributed by atoms with van der Waals surface area (Å²) < 4.78 is 18.5. The van der Waals surface area contributed by atoms with Gasteiger partial charge in [-0.25, -0.2) is 4.68 Å². The average Bonchev–Trinajstić information content (AvgIpc) is 3.52. The molecule has 2 aromatic carbocycles. The fourth-order valence-corrected chi connectivity index (χ4v) is 4.10. The lowest BCUT2D eigenvalue weighted by Gasteiger charge is -2.34. The topological polar surface area (TPSA) is 112 Å². The molecular weight excluding hydrogens is 486 g/mol. The van der Waals surface area contributed by atoms with Gasteiger partial charge in [-0.3, -0.25) is 14.5 Å². The zero-order valence-electron chi connectivity index (χ0n) is 22.5. The molecule has 2 heterocycles. The van der Waals surface area contributed by atoms with Crippen molar-refractivity contribution in [3.8, 4) is 11.5 Å². The number of aromatic nitrogens is 3. The number of nitrogens with one attached hydrogen (secondary N) is 1. The Bertz CT molecular complexity index is 1440. The average molecular weight is 520 g/mol. The van der Waals surface area contributed by atoms with Crippen molar-refractivity contribution >= 4 is 28.5 Å². The van der Waals surface area contributed by atoms with Crippen LogP contribution in [-0.4, -0.2) is 46.6 Å². The molecule has 0 aliphatic heterocycles. The summed E-state index contributed by atoms with van der Waals surface area (Å²) in [4.78, 5) is 29.5. The highest BCUT2D eigenvalue weighted by Crippen LogP contribution is 2.38. The Morgan fingerprint density at radius 3 is 2.53 bits per heavy atom. The van der Waals surface area contributed by atoms with Gasteiger partial charge in [0.2, 0.25) is 5.91 Å². The number of methoxy groups -OCH3 is 2. The summed E-state index contributed by atoms with van der Waals surface area (Å²) in [6.07, 6.45) is 0.688. The number of furan rings is 1. The Morgan fingerprint density at radius 1 is 1.11 bits per heavy atom. The maximum atomic E-state index is 14.2. The second kappa shape index (κ2) is 11.0. The molecule has 0 saturated heterocycles. The maximum absolute atomic E-state index is 14.2. The summed E-state index contributed by atoms with van der Waals surface area (Å²) in [7, 11) is 3.04. The van der Waals surface area contributed by atoms with Crippen LogP contribution in [-0.2, 0) is 16.1 Å². The van der Waals surface area contributed by atoms with Crippen molar-refractivity contribution in [1.29, 1.82) is 0 Å². The minimum atomic E-state index is -1.13. The van der Waals surface area contributed by atoms with Crippen LogP contribution in [0.4, 0.5) is 5.69 Å². The van der Waals surface area contributed by atoms with Gasteiger partial charge in [-0.1, -0.05) is 24.3 Å². The van der Waals surface area contributed by atoms with Crippen LogP contribution in [0.5, 0.6) is 11.5 Å². The third-order valence-electron chi connectivity index (χ3n) is 6.50. The molecule has 4 rings (SSSR count). The smallest absolute Gasteiger partial charge is 0.251 e. The van der Waals surface area contributed by atoms with Crippen molar-refractivity contribution in [2.75, 3.05) is 19.1 Å². The van der Waals surface area contributed by atoms with Gasteiger partial charge >= 0.3 is 0 Å². The third kappa shape index (κ3) is 5.49. The van der Waals surface area contributed by atoms with E-state index in [1.54, 1.807) is 44.4 Å². The van der Waals surface area contributed by atoms with E-state index in [1.807, 2.05) is 45.0 Å². The lowest BCUT2D eigenvalue weighted by molar-refractivity contribution is -0.128. The first kappa shape index (κ1) is 26.7. The van der Waals surface area contributed by atoms with E-state index in [4.69, 9.17) is 13.9 Å². The van der Waals surface area contributed by atoms with Crippen molar-refractivity contribution in [3.05, 3.63) is 66.1 Å². The molecule has 10 nitrogen and oxygen atoms in total. The van der Waals surface area contributed by atoms with E-state index in [1.165, 1.54) is 16.7 Å². The Balaban J connectivity index is 1.87. The second-order valence-electron chi connectivity index (χ2n) is 9.61. The van der Waals surface area contributed by atoms with Gasteiger partial charge in [0.1, 0.15) is 35.1 Å². The van der Waals surface area contributed by atoms with Gasteiger partial charge in [-0.15, -0.1) is 5.10 Å². The van der Waals surface area contributed by atoms with E-state index in [2.05, 4.69) is 15.6 Å². The molecule has 38 heavy (non-hydrogen) atoms. The molecule has 0 spiro atoms. The Morgan fingerprint density at radius 2 is 1.87 bits per heavy atom. The molecule has 0 fully saturated rings. The molecule has 0 aliphatic carbocycles. The summed E-state index contributed by atoms with van der Waals surface area (Å²) in [5.41, 5.74) is 1.22. The number of amides is 2. The molecule has 10 heteroatoms. The number of carbonyl (C=O) groups is 2. The summed E-state index contributed by atoms with van der Waals surface area (Å²) in [5, 5.41) is 11.4. The molecule has 0 saturated carbocycles. The fraction of sp³-hybridized carbons (Fsp3) is 0.357. The van der Waals surface area contributed by atoms with E-state index in [0.29, 0.717) is 46.2 Å². The summed E-state index contributed by atoms with van der Waals surface area (Å²) in [6, 6.07) is 14.8. The lowest BCUT2D eigenvalue weighted by atomic mass is 10.0. The standard InChI is InChI=1S/C28H33N5O5/c1-7-28(3,4)29-27(35)26(23-15-12-18(2)38-23)33(22-14-13-19(36-5)16-24(22)37-6)25(34)17-32-21-11-9-8-10-20(21)30-31-32/h8-16,26H,7,17H2,1-6H3,(H,29,35)/t26-/m0/s1. The van der Waals surface area contributed by atoms with Crippen LogP contribution in [0.15, 0.2) is 59.0 Å². The predicted molar refractivity (Wildman–Crippen MR) is 143 cm³/mol. The second-order valence-corrected chi connectivity index (χ2v) is 9.61. The SMILES string of the molecule is CCC(C)(C)NC(=O)[C@H](c1ccc(C)o1)N(C(=O)Cn1nnc2ccccc21)c1ccc(OC)cc1OC. The highest BCUT2D eigenvalue weighted by Gasteiger charge is 2.38. The van der Waals surface area contributed by atoms with E-state index in [0.717, 1.165) is 0 Å². The van der Waals surface area contributed by atoms with Crippen LogP contribution < -0.4 is 19.7 Å². The quantitative estimate of drug-likeness (QED) is 0.330. The molecular formula is C28H33N5O5. The number of hydrogen-bond acceptors (Lipinski definition) is 7. The molecule has 2 amide bonds. The Labute approximate surface area is 221 Å². The summed E-state index contributed by atoms with van der Waals surface area (Å²) in [6.45, 7) is 7.46. The first-order valence-electron chi connectivity index (χ1n) is 12.4. The van der Waals surface area contributed by atoms with Crippen LogP contribution in [0.3, 0.4) is 0 Å². The van der Waals surface area contributed by atoms with Gasteiger partial charge < -0.3 is 19.2 Å². The molecule has 1 atom stereocenters. The number of fused-ring (bicyclic) bond motifs is 1. The molecule has 0 aliphatic rings. The van der Waals surface area contributed by atoms with Gasteiger partial charge in [-0.2, -0.15) is 0 Å². The minimum absolute atomic E-state index is 0.170. The number of anilines is 1. The zero-order chi connectivity index (χ0) is 27.4. The van der Waals surface area contributed by atoms with Gasteiger partial charge in [0.25, 0.3) is 5.91 Å².